The van der Waals surface area contributed by atoms with Gasteiger partial charge in [0.15, 0.2) is 11.5 Å². The first-order chi connectivity index (χ1) is 12.7. The van der Waals surface area contributed by atoms with E-state index in [-0.39, 0.29) is 25.7 Å². The minimum absolute atomic E-state index is 0.0223. The van der Waals surface area contributed by atoms with Gasteiger partial charge in [-0.25, -0.2) is 8.42 Å². The first kappa shape index (κ1) is 19.0. The summed E-state index contributed by atoms with van der Waals surface area (Å²) in [6.45, 7) is 4.10. The van der Waals surface area contributed by atoms with Gasteiger partial charge in [-0.15, -0.1) is 0 Å². The number of hydrogen-bond donors (Lipinski definition) is 1. The summed E-state index contributed by atoms with van der Waals surface area (Å²) >= 11 is 0. The fourth-order valence-electron chi connectivity index (χ4n) is 2.77. The maximum atomic E-state index is 12.3. The Balaban J connectivity index is 1.68. The molecule has 1 aliphatic rings. The van der Waals surface area contributed by atoms with Crippen molar-refractivity contribution in [2.45, 2.75) is 20.3 Å². The quantitative estimate of drug-likeness (QED) is 0.820. The van der Waals surface area contributed by atoms with E-state index in [0.717, 1.165) is 17.4 Å². The molecule has 1 amide bonds. The molecular weight excluding hydrogens is 368 g/mol. The molecule has 0 fully saturated rings. The molecule has 0 aliphatic carbocycles. The smallest absolute Gasteiger partial charge is 0.232 e. The molecule has 0 radical (unpaired) electrons. The summed E-state index contributed by atoms with van der Waals surface area (Å²) in [5, 5.41) is 2.75. The van der Waals surface area contributed by atoms with Gasteiger partial charge in [0.2, 0.25) is 22.7 Å². The van der Waals surface area contributed by atoms with Crippen LogP contribution in [0.5, 0.6) is 11.5 Å². The van der Waals surface area contributed by atoms with Gasteiger partial charge in [-0.2, -0.15) is 0 Å². The summed E-state index contributed by atoms with van der Waals surface area (Å²) in [5.41, 5.74) is 3.19. The number of aryl methyl sites for hydroxylation is 2. The molecule has 0 atom stereocenters. The first-order valence-electron chi connectivity index (χ1n) is 8.48. The van der Waals surface area contributed by atoms with Crippen LogP contribution in [0.25, 0.3) is 0 Å². The van der Waals surface area contributed by atoms with Gasteiger partial charge in [-0.3, -0.25) is 9.10 Å². The molecule has 7 nitrogen and oxygen atoms in total. The summed E-state index contributed by atoms with van der Waals surface area (Å²) in [6.07, 6.45) is 1.16. The first-order valence-corrected chi connectivity index (χ1v) is 10.3. The van der Waals surface area contributed by atoms with Crippen molar-refractivity contribution in [2.24, 2.45) is 0 Å². The van der Waals surface area contributed by atoms with Gasteiger partial charge in [0.05, 0.1) is 11.9 Å². The number of hydrogen-bond acceptors (Lipinski definition) is 5. The summed E-state index contributed by atoms with van der Waals surface area (Å²) in [5.74, 6) is 0.915. The lowest BCUT2D eigenvalue weighted by atomic mass is 10.1. The highest BCUT2D eigenvalue weighted by atomic mass is 32.2. The fraction of sp³-hybridized carbons (Fsp3) is 0.316. The Labute approximate surface area is 158 Å². The minimum Gasteiger partial charge on any atom is -0.454 e. The molecule has 0 bridgehead atoms. The topological polar surface area (TPSA) is 84.9 Å². The van der Waals surface area contributed by atoms with Crippen molar-refractivity contribution in [1.82, 2.24) is 0 Å². The summed E-state index contributed by atoms with van der Waals surface area (Å²) in [4.78, 5) is 12.3. The van der Waals surface area contributed by atoms with Gasteiger partial charge in [0, 0.05) is 24.7 Å². The molecule has 144 valence electrons. The Morgan fingerprint density at radius 3 is 2.52 bits per heavy atom. The van der Waals surface area contributed by atoms with Crippen molar-refractivity contribution in [2.75, 3.05) is 29.2 Å². The van der Waals surface area contributed by atoms with Crippen LogP contribution < -0.4 is 19.1 Å². The average molecular weight is 390 g/mol. The molecule has 1 N–H and O–H groups in total. The van der Waals surface area contributed by atoms with Gasteiger partial charge >= 0.3 is 0 Å². The highest BCUT2D eigenvalue weighted by Crippen LogP contribution is 2.34. The highest BCUT2D eigenvalue weighted by Gasteiger charge is 2.20. The number of carbonyl (C=O) groups excluding carboxylic acids is 1. The molecule has 2 aromatic carbocycles. The van der Waals surface area contributed by atoms with E-state index in [0.29, 0.717) is 22.9 Å². The van der Waals surface area contributed by atoms with Gasteiger partial charge in [0.1, 0.15) is 0 Å². The minimum atomic E-state index is -3.51. The predicted molar refractivity (Wildman–Crippen MR) is 104 cm³/mol. The number of fused-ring (bicyclic) bond motifs is 1. The molecule has 0 aromatic heterocycles. The van der Waals surface area contributed by atoms with Gasteiger partial charge in [0.25, 0.3) is 0 Å². The molecule has 27 heavy (non-hydrogen) atoms. The summed E-state index contributed by atoms with van der Waals surface area (Å²) in [7, 11) is -3.51. The number of sulfonamides is 1. The number of nitrogens with zero attached hydrogens (tertiary/aromatic N) is 1. The highest BCUT2D eigenvalue weighted by molar-refractivity contribution is 7.92. The second-order valence-electron chi connectivity index (χ2n) is 6.47. The van der Waals surface area contributed by atoms with E-state index in [2.05, 4.69) is 5.32 Å². The van der Waals surface area contributed by atoms with Crippen molar-refractivity contribution in [3.63, 3.8) is 0 Å². The number of ether oxygens (including phenoxy) is 2. The maximum absolute atomic E-state index is 12.3. The standard InChI is InChI=1S/C19H22N2O5S/c1-13-4-6-16(10-14(13)2)21(27(3,23)24)9-8-19(22)20-15-5-7-17-18(11-15)26-12-25-17/h4-7,10-11H,8-9,12H2,1-3H3,(H,20,22). The molecule has 0 saturated carbocycles. The third kappa shape index (κ3) is 4.51. The maximum Gasteiger partial charge on any atom is 0.232 e. The number of rotatable bonds is 6. The van der Waals surface area contributed by atoms with Crippen molar-refractivity contribution >= 4 is 27.3 Å². The third-order valence-corrected chi connectivity index (χ3v) is 5.57. The normalized spacial score (nSPS) is 12.7. The lowest BCUT2D eigenvalue weighted by Crippen LogP contribution is -2.33. The zero-order valence-corrected chi connectivity index (χ0v) is 16.3. The van der Waals surface area contributed by atoms with Crippen LogP contribution in [-0.2, 0) is 14.8 Å². The molecule has 0 saturated heterocycles. The third-order valence-electron chi connectivity index (χ3n) is 4.38. The number of benzene rings is 2. The Bertz CT molecular complexity index is 972. The van der Waals surface area contributed by atoms with Crippen LogP contribution in [0.2, 0.25) is 0 Å². The van der Waals surface area contributed by atoms with Crippen molar-refractivity contribution in [3.05, 3.63) is 47.5 Å². The molecule has 1 aliphatic heterocycles. The van der Waals surface area contributed by atoms with Crippen LogP contribution in [-0.4, -0.2) is 33.9 Å². The fourth-order valence-corrected chi connectivity index (χ4v) is 3.69. The van der Waals surface area contributed by atoms with E-state index < -0.39 is 10.0 Å². The summed E-state index contributed by atoms with van der Waals surface area (Å²) in [6, 6.07) is 10.5. The predicted octanol–water partition coefficient (Wildman–Crippen LogP) is 2.83. The Hall–Kier alpha value is -2.74. The van der Waals surface area contributed by atoms with E-state index in [1.54, 1.807) is 24.3 Å². The average Bonchev–Trinajstić information content (AvgIpc) is 3.04. The molecule has 1 heterocycles. The molecule has 2 aromatic rings. The molecule has 3 rings (SSSR count). The van der Waals surface area contributed by atoms with E-state index in [9.17, 15) is 13.2 Å². The van der Waals surface area contributed by atoms with Crippen LogP contribution >= 0.6 is 0 Å². The van der Waals surface area contributed by atoms with Gasteiger partial charge < -0.3 is 14.8 Å². The van der Waals surface area contributed by atoms with E-state index in [1.165, 1.54) is 4.31 Å². The summed E-state index contributed by atoms with van der Waals surface area (Å²) < 4.78 is 36.1. The lowest BCUT2D eigenvalue weighted by Gasteiger charge is -2.23. The second kappa shape index (κ2) is 7.48. The van der Waals surface area contributed by atoms with Crippen molar-refractivity contribution in [1.29, 1.82) is 0 Å². The largest absolute Gasteiger partial charge is 0.454 e. The van der Waals surface area contributed by atoms with Gasteiger partial charge in [-0.1, -0.05) is 6.07 Å². The van der Waals surface area contributed by atoms with Gasteiger partial charge in [-0.05, 0) is 49.2 Å². The van der Waals surface area contributed by atoms with Crippen molar-refractivity contribution < 1.29 is 22.7 Å². The SMILES string of the molecule is Cc1ccc(N(CCC(=O)Nc2ccc3c(c2)OCO3)S(C)(=O)=O)cc1C. The Morgan fingerprint density at radius 2 is 1.81 bits per heavy atom. The van der Waals surface area contributed by atoms with Crippen LogP contribution in [0.1, 0.15) is 17.5 Å². The second-order valence-corrected chi connectivity index (χ2v) is 8.38. The van der Waals surface area contributed by atoms with Crippen LogP contribution in [0, 0.1) is 13.8 Å². The zero-order chi connectivity index (χ0) is 19.6. The Kier molecular flexibility index (Phi) is 5.27. The van der Waals surface area contributed by atoms with E-state index in [4.69, 9.17) is 9.47 Å². The Morgan fingerprint density at radius 1 is 1.07 bits per heavy atom. The monoisotopic (exact) mass is 390 g/mol. The molecule has 0 spiro atoms. The zero-order valence-electron chi connectivity index (χ0n) is 15.5. The number of nitrogens with one attached hydrogen (secondary N) is 1. The molecule has 8 heteroatoms. The van der Waals surface area contributed by atoms with E-state index in [1.807, 2.05) is 26.0 Å². The van der Waals surface area contributed by atoms with E-state index >= 15 is 0 Å². The van der Waals surface area contributed by atoms with Crippen LogP contribution in [0.3, 0.4) is 0 Å². The van der Waals surface area contributed by atoms with Crippen LogP contribution in [0.15, 0.2) is 36.4 Å². The number of amides is 1. The molecule has 0 unspecified atom stereocenters. The number of anilines is 2. The lowest BCUT2D eigenvalue weighted by molar-refractivity contribution is -0.116. The van der Waals surface area contributed by atoms with Crippen LogP contribution in [0.4, 0.5) is 11.4 Å². The number of carbonyl (C=O) groups is 1. The molecular formula is C19H22N2O5S. The van der Waals surface area contributed by atoms with Crippen molar-refractivity contribution in [3.8, 4) is 11.5 Å².